The van der Waals surface area contributed by atoms with Crippen LogP contribution < -0.4 is 5.32 Å². The summed E-state index contributed by atoms with van der Waals surface area (Å²) < 4.78 is 2.08. The summed E-state index contributed by atoms with van der Waals surface area (Å²) in [5, 5.41) is 3.76. The number of para-hydroxylation sites is 1. The van der Waals surface area contributed by atoms with Gasteiger partial charge >= 0.3 is 0 Å². The second kappa shape index (κ2) is 6.77. The molecule has 2 heterocycles. The quantitative estimate of drug-likeness (QED) is 0.738. The van der Waals surface area contributed by atoms with E-state index >= 15 is 0 Å². The van der Waals surface area contributed by atoms with E-state index in [4.69, 9.17) is 0 Å². The standard InChI is InChI=1S/C21H21N3O2/c1-23-17-10-6-5-9-16(17)20(21(23)15-7-3-2-4-8-15)18(25)13-24-12-11-22-19(26)14-24/h2-10H,11-14H2,1H3,(H,22,26). The molecule has 1 N–H and O–H groups in total. The van der Waals surface area contributed by atoms with E-state index in [0.29, 0.717) is 13.1 Å². The van der Waals surface area contributed by atoms with Crippen LogP contribution in [0.3, 0.4) is 0 Å². The molecular formula is C21H21N3O2. The Morgan fingerprint density at radius 2 is 1.81 bits per heavy atom. The number of rotatable bonds is 4. The topological polar surface area (TPSA) is 54.3 Å². The van der Waals surface area contributed by atoms with E-state index in [1.165, 1.54) is 0 Å². The fraction of sp³-hybridized carbons (Fsp3) is 0.238. The van der Waals surface area contributed by atoms with Crippen molar-refractivity contribution < 1.29 is 9.59 Å². The van der Waals surface area contributed by atoms with Crippen molar-refractivity contribution in [3.05, 3.63) is 60.2 Å². The summed E-state index contributed by atoms with van der Waals surface area (Å²) in [7, 11) is 2.00. The number of ketones is 1. The molecule has 0 aliphatic carbocycles. The Bertz CT molecular complexity index is 976. The smallest absolute Gasteiger partial charge is 0.234 e. The van der Waals surface area contributed by atoms with Gasteiger partial charge in [0.15, 0.2) is 5.78 Å². The third-order valence-electron chi connectivity index (χ3n) is 4.92. The van der Waals surface area contributed by atoms with Gasteiger partial charge in [-0.15, -0.1) is 0 Å². The number of aryl methyl sites for hydroxylation is 1. The fourth-order valence-electron chi connectivity index (χ4n) is 3.72. The SMILES string of the molecule is Cn1c(-c2ccccc2)c(C(=O)CN2CCNC(=O)C2)c2ccccc21. The summed E-state index contributed by atoms with van der Waals surface area (Å²) in [6, 6.07) is 18.0. The maximum absolute atomic E-state index is 13.3. The van der Waals surface area contributed by atoms with E-state index in [2.05, 4.69) is 9.88 Å². The van der Waals surface area contributed by atoms with Crippen LogP contribution in [0.5, 0.6) is 0 Å². The lowest BCUT2D eigenvalue weighted by atomic mass is 10.0. The number of aromatic nitrogens is 1. The van der Waals surface area contributed by atoms with E-state index in [0.717, 1.165) is 27.7 Å². The van der Waals surface area contributed by atoms with Crippen molar-refractivity contribution in [3.8, 4) is 11.3 Å². The average molecular weight is 347 g/mol. The van der Waals surface area contributed by atoms with E-state index in [1.807, 2.05) is 66.5 Å². The Labute approximate surface area is 152 Å². The Morgan fingerprint density at radius 1 is 1.08 bits per heavy atom. The zero-order valence-electron chi connectivity index (χ0n) is 14.7. The summed E-state index contributed by atoms with van der Waals surface area (Å²) in [5.41, 5.74) is 3.72. The minimum absolute atomic E-state index is 0.0229. The highest BCUT2D eigenvalue weighted by Gasteiger charge is 2.25. The van der Waals surface area contributed by atoms with Crippen molar-refractivity contribution in [2.45, 2.75) is 0 Å². The molecule has 0 radical (unpaired) electrons. The number of hydrogen-bond donors (Lipinski definition) is 1. The Morgan fingerprint density at radius 3 is 2.58 bits per heavy atom. The summed E-state index contributed by atoms with van der Waals surface area (Å²) in [6.07, 6.45) is 0. The van der Waals surface area contributed by atoms with Crippen LogP contribution in [-0.4, -0.2) is 47.3 Å². The molecule has 0 bridgehead atoms. The van der Waals surface area contributed by atoms with E-state index in [9.17, 15) is 9.59 Å². The number of piperazine rings is 1. The third kappa shape index (κ3) is 2.91. The van der Waals surface area contributed by atoms with Crippen LogP contribution in [0.1, 0.15) is 10.4 Å². The summed E-state index contributed by atoms with van der Waals surface area (Å²) in [5.74, 6) is 0.0283. The number of carbonyl (C=O) groups excluding carboxylic acids is 2. The van der Waals surface area contributed by atoms with E-state index < -0.39 is 0 Å². The molecule has 0 unspecified atom stereocenters. The van der Waals surface area contributed by atoms with Gasteiger partial charge in [-0.25, -0.2) is 0 Å². The number of nitrogens with one attached hydrogen (secondary N) is 1. The maximum Gasteiger partial charge on any atom is 0.234 e. The number of nitrogens with zero attached hydrogens (tertiary/aromatic N) is 2. The molecule has 1 aliphatic rings. The monoisotopic (exact) mass is 347 g/mol. The van der Waals surface area contributed by atoms with Gasteiger partial charge in [-0.1, -0.05) is 48.5 Å². The molecule has 5 heteroatoms. The highest BCUT2D eigenvalue weighted by Crippen LogP contribution is 2.33. The highest BCUT2D eigenvalue weighted by atomic mass is 16.2. The van der Waals surface area contributed by atoms with Crippen LogP contribution in [-0.2, 0) is 11.8 Å². The van der Waals surface area contributed by atoms with Gasteiger partial charge in [0.05, 0.1) is 24.3 Å². The van der Waals surface area contributed by atoms with Gasteiger partial charge in [0, 0.05) is 31.0 Å². The van der Waals surface area contributed by atoms with Crippen molar-refractivity contribution in [1.29, 1.82) is 0 Å². The van der Waals surface area contributed by atoms with Crippen LogP contribution in [0.2, 0.25) is 0 Å². The van der Waals surface area contributed by atoms with Gasteiger partial charge in [0.2, 0.25) is 5.91 Å². The van der Waals surface area contributed by atoms with Crippen LogP contribution in [0.4, 0.5) is 0 Å². The molecule has 1 fully saturated rings. The molecule has 26 heavy (non-hydrogen) atoms. The zero-order valence-corrected chi connectivity index (χ0v) is 14.7. The highest BCUT2D eigenvalue weighted by molar-refractivity contribution is 6.14. The number of hydrogen-bond acceptors (Lipinski definition) is 3. The fourth-order valence-corrected chi connectivity index (χ4v) is 3.72. The second-order valence-electron chi connectivity index (χ2n) is 6.65. The summed E-state index contributed by atoms with van der Waals surface area (Å²) in [4.78, 5) is 26.8. The van der Waals surface area contributed by atoms with E-state index in [1.54, 1.807) is 0 Å². The minimum Gasteiger partial charge on any atom is -0.354 e. The Kier molecular flexibility index (Phi) is 4.31. The van der Waals surface area contributed by atoms with Gasteiger partial charge in [-0.05, 0) is 11.6 Å². The van der Waals surface area contributed by atoms with Crippen molar-refractivity contribution in [3.63, 3.8) is 0 Å². The van der Waals surface area contributed by atoms with Gasteiger partial charge in [0.1, 0.15) is 0 Å². The van der Waals surface area contributed by atoms with Crippen molar-refractivity contribution in [1.82, 2.24) is 14.8 Å². The first-order valence-electron chi connectivity index (χ1n) is 8.80. The van der Waals surface area contributed by atoms with Crippen LogP contribution in [0.15, 0.2) is 54.6 Å². The number of fused-ring (bicyclic) bond motifs is 1. The predicted molar refractivity (Wildman–Crippen MR) is 102 cm³/mol. The molecule has 1 aromatic heterocycles. The first-order valence-corrected chi connectivity index (χ1v) is 8.80. The van der Waals surface area contributed by atoms with Crippen LogP contribution >= 0.6 is 0 Å². The predicted octanol–water partition coefficient (Wildman–Crippen LogP) is 2.46. The molecule has 0 saturated carbocycles. The lowest BCUT2D eigenvalue weighted by Crippen LogP contribution is -2.49. The van der Waals surface area contributed by atoms with Gasteiger partial charge in [0.25, 0.3) is 0 Å². The van der Waals surface area contributed by atoms with Crippen LogP contribution in [0, 0.1) is 0 Å². The molecule has 3 aromatic rings. The number of benzene rings is 2. The average Bonchev–Trinajstić information content (AvgIpc) is 2.95. The van der Waals surface area contributed by atoms with E-state index in [-0.39, 0.29) is 24.8 Å². The first kappa shape index (κ1) is 16.5. The molecule has 2 aromatic carbocycles. The molecule has 0 spiro atoms. The van der Waals surface area contributed by atoms with Gasteiger partial charge in [-0.3, -0.25) is 14.5 Å². The molecule has 1 saturated heterocycles. The van der Waals surface area contributed by atoms with Gasteiger partial charge < -0.3 is 9.88 Å². The van der Waals surface area contributed by atoms with Crippen molar-refractivity contribution in [2.24, 2.45) is 7.05 Å². The molecule has 4 rings (SSSR count). The first-order chi connectivity index (χ1) is 12.6. The Hall–Kier alpha value is -2.92. The van der Waals surface area contributed by atoms with Crippen LogP contribution in [0.25, 0.3) is 22.2 Å². The van der Waals surface area contributed by atoms with Crippen molar-refractivity contribution >= 4 is 22.6 Å². The lowest BCUT2D eigenvalue weighted by Gasteiger charge is -2.25. The molecule has 1 aliphatic heterocycles. The molecule has 1 amide bonds. The lowest BCUT2D eigenvalue weighted by molar-refractivity contribution is -0.123. The molecule has 5 nitrogen and oxygen atoms in total. The molecule has 0 atom stereocenters. The van der Waals surface area contributed by atoms with Crippen molar-refractivity contribution in [2.75, 3.05) is 26.2 Å². The largest absolute Gasteiger partial charge is 0.354 e. The second-order valence-corrected chi connectivity index (χ2v) is 6.65. The number of amides is 1. The Balaban J connectivity index is 1.80. The minimum atomic E-state index is -0.0229. The zero-order chi connectivity index (χ0) is 18.1. The maximum atomic E-state index is 13.3. The van der Waals surface area contributed by atoms with Gasteiger partial charge in [-0.2, -0.15) is 0 Å². The number of Topliss-reactive ketones (excluding diaryl/α,β-unsaturated/α-hetero) is 1. The summed E-state index contributed by atoms with van der Waals surface area (Å²) in [6.45, 7) is 1.81. The normalized spacial score (nSPS) is 15.2. The molecule has 132 valence electrons. The number of carbonyl (C=O) groups is 2. The summed E-state index contributed by atoms with van der Waals surface area (Å²) >= 11 is 0. The third-order valence-corrected chi connectivity index (χ3v) is 4.92. The molecular weight excluding hydrogens is 326 g/mol.